The molecule has 1 N–H and O–H groups in total. The zero-order chi connectivity index (χ0) is 20.1. The maximum atomic E-state index is 12.6. The van der Waals surface area contributed by atoms with E-state index >= 15 is 0 Å². The molecule has 3 heterocycles. The van der Waals surface area contributed by atoms with Gasteiger partial charge in [-0.3, -0.25) is 9.78 Å². The number of halogens is 2. The summed E-state index contributed by atoms with van der Waals surface area (Å²) in [4.78, 5) is 20.7. The van der Waals surface area contributed by atoms with Crippen molar-refractivity contribution in [1.82, 2.24) is 24.7 Å². The van der Waals surface area contributed by atoms with Gasteiger partial charge in [0, 0.05) is 30.7 Å². The van der Waals surface area contributed by atoms with Crippen molar-refractivity contribution in [3.63, 3.8) is 0 Å². The number of thioether (sulfide) groups is 1. The summed E-state index contributed by atoms with van der Waals surface area (Å²) in [6.45, 7) is 4.61. The molecule has 1 amide bonds. The topological polar surface area (TPSA) is 85.6 Å². The third-order valence-electron chi connectivity index (χ3n) is 3.80. The van der Waals surface area contributed by atoms with Crippen LogP contribution in [0.5, 0.6) is 0 Å². The van der Waals surface area contributed by atoms with E-state index in [1.807, 2.05) is 16.7 Å². The first kappa shape index (κ1) is 20.6. The highest BCUT2D eigenvalue weighted by atomic mass is 35.5. The second kappa shape index (κ2) is 9.36. The summed E-state index contributed by atoms with van der Waals surface area (Å²) in [5.74, 6) is 0.788. The average Bonchev–Trinajstić information content (AvgIpc) is 3.07. The summed E-state index contributed by atoms with van der Waals surface area (Å²) in [6, 6.07) is 5.30. The lowest BCUT2D eigenvalue weighted by Gasteiger charge is -2.13. The molecule has 10 heteroatoms. The molecule has 0 aliphatic rings. The molecule has 0 fully saturated rings. The van der Waals surface area contributed by atoms with E-state index in [0.717, 1.165) is 24.4 Å². The van der Waals surface area contributed by atoms with Gasteiger partial charge < -0.3 is 9.88 Å². The number of pyridine rings is 2. The van der Waals surface area contributed by atoms with E-state index in [2.05, 4.69) is 32.4 Å². The normalized spacial score (nSPS) is 12.0. The summed E-state index contributed by atoms with van der Waals surface area (Å²) in [5, 5.41) is 12.2. The molecule has 28 heavy (non-hydrogen) atoms. The molecule has 0 bridgehead atoms. The van der Waals surface area contributed by atoms with Gasteiger partial charge in [0.05, 0.1) is 15.3 Å². The van der Waals surface area contributed by atoms with Gasteiger partial charge >= 0.3 is 0 Å². The van der Waals surface area contributed by atoms with E-state index < -0.39 is 5.25 Å². The van der Waals surface area contributed by atoms with Crippen LogP contribution in [0, 0.1) is 0 Å². The quantitative estimate of drug-likeness (QED) is 0.545. The van der Waals surface area contributed by atoms with Crippen LogP contribution in [-0.2, 0) is 11.3 Å². The van der Waals surface area contributed by atoms with Crippen molar-refractivity contribution in [1.29, 1.82) is 0 Å². The number of hydrogen-bond donors (Lipinski definition) is 1. The van der Waals surface area contributed by atoms with E-state index in [1.165, 1.54) is 24.0 Å². The zero-order valence-corrected chi connectivity index (χ0v) is 17.6. The Morgan fingerprint density at radius 3 is 2.71 bits per heavy atom. The molecule has 0 saturated carbocycles. The Morgan fingerprint density at radius 1 is 1.29 bits per heavy atom. The van der Waals surface area contributed by atoms with Gasteiger partial charge in [0.15, 0.2) is 16.8 Å². The fraction of sp³-hybridized carbons (Fsp3) is 0.278. The first-order chi connectivity index (χ1) is 13.5. The molecule has 0 aromatic carbocycles. The Morgan fingerprint density at radius 2 is 2.04 bits per heavy atom. The molecule has 1 atom stereocenters. The van der Waals surface area contributed by atoms with Crippen LogP contribution in [0.15, 0.2) is 41.9 Å². The van der Waals surface area contributed by atoms with Crippen molar-refractivity contribution in [2.75, 3.05) is 5.32 Å². The number of anilines is 1. The third-order valence-corrected chi connectivity index (χ3v) is 5.38. The maximum absolute atomic E-state index is 12.6. The molecule has 0 unspecified atom stereocenters. The smallest absolute Gasteiger partial charge is 0.238 e. The number of hydrogen-bond acceptors (Lipinski definition) is 6. The van der Waals surface area contributed by atoms with Crippen LogP contribution in [0.4, 0.5) is 5.82 Å². The fourth-order valence-corrected chi connectivity index (χ4v) is 3.75. The molecule has 3 aromatic rings. The molecular formula is C18H18Cl2N6OS. The second-order valence-electron chi connectivity index (χ2n) is 5.93. The molecule has 146 valence electrons. The summed E-state index contributed by atoms with van der Waals surface area (Å²) >= 11 is 13.2. The van der Waals surface area contributed by atoms with Crippen molar-refractivity contribution in [2.45, 2.75) is 37.2 Å². The van der Waals surface area contributed by atoms with Crippen molar-refractivity contribution in [3.8, 4) is 11.4 Å². The minimum Gasteiger partial charge on any atom is -0.308 e. The van der Waals surface area contributed by atoms with Gasteiger partial charge in [0.25, 0.3) is 0 Å². The second-order valence-corrected chi connectivity index (χ2v) is 8.08. The van der Waals surface area contributed by atoms with E-state index in [1.54, 1.807) is 19.3 Å². The van der Waals surface area contributed by atoms with Gasteiger partial charge in [-0.05, 0) is 31.5 Å². The molecule has 3 aromatic heterocycles. The Balaban J connectivity index is 1.77. The number of amides is 1. The predicted molar refractivity (Wildman–Crippen MR) is 112 cm³/mol. The van der Waals surface area contributed by atoms with Gasteiger partial charge in [-0.1, -0.05) is 41.9 Å². The molecular weight excluding hydrogens is 419 g/mol. The SMILES string of the molecule is CCCn1c(S[C@H](C)C(=O)Nc2ncc(Cl)cc2Cl)nnc1-c1ccncc1. The van der Waals surface area contributed by atoms with Crippen LogP contribution in [0.1, 0.15) is 20.3 Å². The maximum Gasteiger partial charge on any atom is 0.238 e. The molecule has 0 saturated heterocycles. The van der Waals surface area contributed by atoms with Crippen molar-refractivity contribution in [2.24, 2.45) is 0 Å². The number of carbonyl (C=O) groups excluding carboxylic acids is 1. The number of carbonyl (C=O) groups is 1. The van der Waals surface area contributed by atoms with Crippen LogP contribution < -0.4 is 5.32 Å². The standard InChI is InChI=1S/C18H18Cl2N6OS/c1-3-8-26-16(12-4-6-21-7-5-12)24-25-18(26)28-11(2)17(27)23-15-14(20)9-13(19)10-22-15/h4-7,9-11H,3,8H2,1-2H3,(H,22,23,27)/t11-/m1/s1. The van der Waals surface area contributed by atoms with Crippen LogP contribution in [0.2, 0.25) is 10.0 Å². The molecule has 0 spiro atoms. The fourth-order valence-electron chi connectivity index (χ4n) is 2.45. The number of nitrogens with one attached hydrogen (secondary N) is 1. The molecule has 3 rings (SSSR count). The van der Waals surface area contributed by atoms with Crippen LogP contribution >= 0.6 is 35.0 Å². The van der Waals surface area contributed by atoms with Crippen molar-refractivity contribution < 1.29 is 4.79 Å². The monoisotopic (exact) mass is 436 g/mol. The van der Waals surface area contributed by atoms with Gasteiger partial charge in [0.1, 0.15) is 0 Å². The summed E-state index contributed by atoms with van der Waals surface area (Å²) < 4.78 is 2.01. The Labute approximate surface area is 176 Å². The largest absolute Gasteiger partial charge is 0.308 e. The highest BCUT2D eigenvalue weighted by molar-refractivity contribution is 8.00. The molecule has 0 aliphatic carbocycles. The van der Waals surface area contributed by atoms with Crippen LogP contribution in [0.3, 0.4) is 0 Å². The summed E-state index contributed by atoms with van der Waals surface area (Å²) in [6.07, 6.45) is 5.77. The minimum absolute atomic E-state index is 0.238. The van der Waals surface area contributed by atoms with Crippen LogP contribution in [-0.4, -0.2) is 35.9 Å². The first-order valence-electron chi connectivity index (χ1n) is 8.61. The Hall–Kier alpha value is -2.16. The third kappa shape index (κ3) is 4.81. The average molecular weight is 437 g/mol. The van der Waals surface area contributed by atoms with Crippen molar-refractivity contribution in [3.05, 3.63) is 46.8 Å². The van der Waals surface area contributed by atoms with E-state index in [-0.39, 0.29) is 16.7 Å². The van der Waals surface area contributed by atoms with Crippen molar-refractivity contribution >= 4 is 46.7 Å². The molecule has 0 aliphatic heterocycles. The van der Waals surface area contributed by atoms with Gasteiger partial charge in [-0.2, -0.15) is 0 Å². The zero-order valence-electron chi connectivity index (χ0n) is 15.3. The van der Waals surface area contributed by atoms with E-state index in [4.69, 9.17) is 23.2 Å². The minimum atomic E-state index is -0.432. The lowest BCUT2D eigenvalue weighted by atomic mass is 10.2. The summed E-state index contributed by atoms with van der Waals surface area (Å²) in [7, 11) is 0. The Kier molecular flexibility index (Phi) is 6.88. The highest BCUT2D eigenvalue weighted by Crippen LogP contribution is 2.28. The highest BCUT2D eigenvalue weighted by Gasteiger charge is 2.21. The molecule has 0 radical (unpaired) electrons. The summed E-state index contributed by atoms with van der Waals surface area (Å²) in [5.41, 5.74) is 0.928. The number of nitrogens with zero attached hydrogens (tertiary/aromatic N) is 5. The van der Waals surface area contributed by atoms with Gasteiger partial charge in [0.2, 0.25) is 5.91 Å². The van der Waals surface area contributed by atoms with Gasteiger partial charge in [-0.25, -0.2) is 4.98 Å². The lowest BCUT2D eigenvalue weighted by molar-refractivity contribution is -0.115. The first-order valence-corrected chi connectivity index (χ1v) is 10.2. The number of rotatable bonds is 7. The van der Waals surface area contributed by atoms with Gasteiger partial charge in [-0.15, -0.1) is 10.2 Å². The van der Waals surface area contributed by atoms with Crippen LogP contribution in [0.25, 0.3) is 11.4 Å². The predicted octanol–water partition coefficient (Wildman–Crippen LogP) is 4.57. The lowest BCUT2D eigenvalue weighted by Crippen LogP contribution is -2.23. The molecule has 7 nitrogen and oxygen atoms in total. The number of aromatic nitrogens is 5. The Bertz CT molecular complexity index is 966. The van der Waals surface area contributed by atoms with E-state index in [0.29, 0.717) is 10.2 Å². The van der Waals surface area contributed by atoms with E-state index in [9.17, 15) is 4.79 Å².